The maximum absolute atomic E-state index is 12.7. The Morgan fingerprint density at radius 1 is 1.25 bits per heavy atom. The minimum Gasteiger partial charge on any atom is -0.376 e. The molecule has 6 nitrogen and oxygen atoms in total. The second-order valence-corrected chi connectivity index (χ2v) is 7.18. The van der Waals surface area contributed by atoms with Crippen LogP contribution in [0.3, 0.4) is 0 Å². The highest BCUT2D eigenvalue weighted by Crippen LogP contribution is 2.26. The zero-order chi connectivity index (χ0) is 17.3. The molecule has 0 amide bonds. The molecule has 2 aromatic rings. The first-order valence-electron chi connectivity index (χ1n) is 8.42. The molecule has 0 aliphatic heterocycles. The summed E-state index contributed by atoms with van der Waals surface area (Å²) in [5, 5.41) is 0.476. The summed E-state index contributed by atoms with van der Waals surface area (Å²) in [7, 11) is 0. The topological polar surface area (TPSA) is 70.3 Å². The summed E-state index contributed by atoms with van der Waals surface area (Å²) >= 11 is 1.21. The Bertz CT molecular complexity index is 871. The lowest BCUT2D eigenvalue weighted by molar-refractivity contribution is 0.0528. The third-order valence-electron chi connectivity index (χ3n) is 4.72. The molecule has 1 fully saturated rings. The number of thiophene rings is 1. The molecule has 0 N–H and O–H groups in total. The standard InChI is InChI=1S/C17H22N2O4S/c1-3-18-15(21)14-11(2)13(10-20)24-16(14)19(17(18)22)8-9-23-12-6-4-5-7-12/h10,12H,3-9H2,1-2H3. The van der Waals surface area contributed by atoms with Gasteiger partial charge < -0.3 is 4.74 Å². The minimum absolute atomic E-state index is 0.281. The summed E-state index contributed by atoms with van der Waals surface area (Å²) in [6, 6.07) is 0. The average molecular weight is 350 g/mol. The van der Waals surface area contributed by atoms with Gasteiger partial charge in [0, 0.05) is 6.54 Å². The van der Waals surface area contributed by atoms with Crippen LogP contribution >= 0.6 is 11.3 Å². The molecular formula is C17H22N2O4S. The molecule has 0 atom stereocenters. The third-order valence-corrected chi connectivity index (χ3v) is 5.97. The predicted octanol–water partition coefficient (Wildman–Crippen LogP) is 2.32. The Hall–Kier alpha value is -1.73. The fraction of sp³-hybridized carbons (Fsp3) is 0.588. The van der Waals surface area contributed by atoms with Crippen LogP contribution in [0.2, 0.25) is 0 Å². The lowest BCUT2D eigenvalue weighted by atomic mass is 10.2. The van der Waals surface area contributed by atoms with E-state index in [1.165, 1.54) is 28.7 Å². The Morgan fingerprint density at radius 2 is 1.96 bits per heavy atom. The summed E-state index contributed by atoms with van der Waals surface area (Å²) < 4.78 is 8.68. The van der Waals surface area contributed by atoms with E-state index in [0.29, 0.717) is 40.4 Å². The van der Waals surface area contributed by atoms with E-state index in [1.807, 2.05) is 0 Å². The van der Waals surface area contributed by atoms with Gasteiger partial charge in [0.1, 0.15) is 4.83 Å². The molecule has 2 heterocycles. The number of rotatable bonds is 6. The molecule has 0 spiro atoms. The average Bonchev–Trinajstić information content (AvgIpc) is 3.19. The van der Waals surface area contributed by atoms with Crippen LogP contribution in [0, 0.1) is 6.92 Å². The van der Waals surface area contributed by atoms with Crippen LogP contribution in [-0.4, -0.2) is 28.1 Å². The molecule has 0 radical (unpaired) electrons. The van der Waals surface area contributed by atoms with Crippen molar-refractivity contribution < 1.29 is 9.53 Å². The van der Waals surface area contributed by atoms with Crippen LogP contribution in [-0.2, 0) is 17.8 Å². The van der Waals surface area contributed by atoms with Gasteiger partial charge in [-0.3, -0.25) is 18.7 Å². The van der Waals surface area contributed by atoms with Crippen LogP contribution in [0.5, 0.6) is 0 Å². The van der Waals surface area contributed by atoms with Gasteiger partial charge >= 0.3 is 5.69 Å². The zero-order valence-electron chi connectivity index (χ0n) is 14.0. The minimum atomic E-state index is -0.330. The number of hydrogen-bond acceptors (Lipinski definition) is 5. The summed E-state index contributed by atoms with van der Waals surface area (Å²) in [6.45, 7) is 4.67. The van der Waals surface area contributed by atoms with Crippen LogP contribution in [0.4, 0.5) is 0 Å². The van der Waals surface area contributed by atoms with Gasteiger partial charge in [-0.15, -0.1) is 11.3 Å². The zero-order valence-corrected chi connectivity index (χ0v) is 14.9. The van der Waals surface area contributed by atoms with Crippen LogP contribution < -0.4 is 11.2 Å². The number of aldehydes is 1. The summed E-state index contributed by atoms with van der Waals surface area (Å²) in [6.07, 6.45) is 5.58. The van der Waals surface area contributed by atoms with Crippen molar-refractivity contribution in [2.75, 3.05) is 6.61 Å². The number of aryl methyl sites for hydroxylation is 1. The molecule has 0 saturated heterocycles. The summed E-state index contributed by atoms with van der Waals surface area (Å²) in [5.41, 5.74) is 0.0127. The number of nitrogens with zero attached hydrogens (tertiary/aromatic N) is 2. The predicted molar refractivity (Wildman–Crippen MR) is 94.4 cm³/mol. The van der Waals surface area contributed by atoms with E-state index in [2.05, 4.69) is 0 Å². The lowest BCUT2D eigenvalue weighted by Gasteiger charge is -2.14. The van der Waals surface area contributed by atoms with Gasteiger partial charge in [0.25, 0.3) is 5.56 Å². The van der Waals surface area contributed by atoms with E-state index in [-0.39, 0.29) is 17.4 Å². The summed E-state index contributed by atoms with van der Waals surface area (Å²) in [5.74, 6) is 0. The number of carbonyl (C=O) groups excluding carboxylic acids is 1. The first kappa shape index (κ1) is 17.1. The van der Waals surface area contributed by atoms with E-state index in [0.717, 1.165) is 19.1 Å². The fourth-order valence-corrected chi connectivity index (χ4v) is 4.50. The Kier molecular flexibility index (Phi) is 5.01. The molecule has 1 aliphatic carbocycles. The number of hydrogen-bond donors (Lipinski definition) is 0. The van der Waals surface area contributed by atoms with E-state index < -0.39 is 0 Å². The number of ether oxygens (including phenoxy) is 1. The van der Waals surface area contributed by atoms with Gasteiger partial charge in [-0.2, -0.15) is 0 Å². The Balaban J connectivity index is 2.03. The van der Waals surface area contributed by atoms with E-state index in [1.54, 1.807) is 18.4 Å². The van der Waals surface area contributed by atoms with Crippen molar-refractivity contribution in [2.45, 2.75) is 58.7 Å². The maximum Gasteiger partial charge on any atom is 0.332 e. The Morgan fingerprint density at radius 3 is 2.58 bits per heavy atom. The molecule has 0 bridgehead atoms. The molecule has 3 rings (SSSR count). The Labute approximate surface area is 143 Å². The second kappa shape index (κ2) is 7.03. The van der Waals surface area contributed by atoms with Crippen molar-refractivity contribution >= 4 is 27.8 Å². The molecule has 1 saturated carbocycles. The quantitative estimate of drug-likeness (QED) is 0.750. The van der Waals surface area contributed by atoms with Crippen molar-refractivity contribution in [2.24, 2.45) is 0 Å². The van der Waals surface area contributed by atoms with E-state index in [4.69, 9.17) is 4.74 Å². The van der Waals surface area contributed by atoms with Crippen molar-refractivity contribution in [1.82, 2.24) is 9.13 Å². The van der Waals surface area contributed by atoms with Crippen LogP contribution in [0.15, 0.2) is 9.59 Å². The molecule has 0 unspecified atom stereocenters. The SMILES string of the molecule is CCn1c(=O)c2c(C)c(C=O)sc2n(CCOC2CCCC2)c1=O. The molecular weight excluding hydrogens is 328 g/mol. The first-order valence-corrected chi connectivity index (χ1v) is 9.23. The van der Waals surface area contributed by atoms with Crippen LogP contribution in [0.25, 0.3) is 10.2 Å². The van der Waals surface area contributed by atoms with Crippen molar-refractivity contribution in [3.63, 3.8) is 0 Å². The van der Waals surface area contributed by atoms with E-state index in [9.17, 15) is 14.4 Å². The van der Waals surface area contributed by atoms with Gasteiger partial charge in [0.15, 0.2) is 6.29 Å². The van der Waals surface area contributed by atoms with Gasteiger partial charge in [-0.1, -0.05) is 12.8 Å². The van der Waals surface area contributed by atoms with Gasteiger partial charge in [0.05, 0.1) is 29.5 Å². The number of aromatic nitrogens is 2. The van der Waals surface area contributed by atoms with Gasteiger partial charge in [-0.05, 0) is 32.3 Å². The smallest absolute Gasteiger partial charge is 0.332 e. The highest BCUT2D eigenvalue weighted by Gasteiger charge is 2.20. The molecule has 2 aromatic heterocycles. The van der Waals surface area contributed by atoms with E-state index >= 15 is 0 Å². The molecule has 130 valence electrons. The highest BCUT2D eigenvalue weighted by atomic mass is 32.1. The van der Waals surface area contributed by atoms with Crippen molar-refractivity contribution in [1.29, 1.82) is 0 Å². The fourth-order valence-electron chi connectivity index (χ4n) is 3.37. The normalized spacial score (nSPS) is 15.4. The molecule has 7 heteroatoms. The monoisotopic (exact) mass is 350 g/mol. The van der Waals surface area contributed by atoms with Gasteiger partial charge in [0.2, 0.25) is 0 Å². The third kappa shape index (κ3) is 2.86. The van der Waals surface area contributed by atoms with Gasteiger partial charge in [-0.25, -0.2) is 4.79 Å². The van der Waals surface area contributed by atoms with Crippen molar-refractivity contribution in [3.05, 3.63) is 31.3 Å². The van der Waals surface area contributed by atoms with Crippen LogP contribution in [0.1, 0.15) is 47.8 Å². The second-order valence-electron chi connectivity index (χ2n) is 6.15. The summed E-state index contributed by atoms with van der Waals surface area (Å²) in [4.78, 5) is 37.5. The lowest BCUT2D eigenvalue weighted by Crippen LogP contribution is -2.40. The maximum atomic E-state index is 12.7. The van der Waals surface area contributed by atoms with Crippen molar-refractivity contribution in [3.8, 4) is 0 Å². The highest BCUT2D eigenvalue weighted by molar-refractivity contribution is 7.20. The number of fused-ring (bicyclic) bond motifs is 1. The first-order chi connectivity index (χ1) is 11.6. The largest absolute Gasteiger partial charge is 0.376 e. The molecule has 1 aliphatic rings. The number of carbonyl (C=O) groups is 1. The molecule has 24 heavy (non-hydrogen) atoms. The molecule has 0 aromatic carbocycles.